The van der Waals surface area contributed by atoms with Gasteiger partial charge in [0, 0.05) is 36.8 Å². The number of rotatable bonds is 4. The van der Waals surface area contributed by atoms with Gasteiger partial charge in [0.2, 0.25) is 0 Å². The van der Waals surface area contributed by atoms with E-state index >= 15 is 0 Å². The molecule has 1 heterocycles. The molecule has 18 heavy (non-hydrogen) atoms. The predicted octanol–water partition coefficient (Wildman–Crippen LogP) is 3.62. The lowest BCUT2D eigenvalue weighted by atomic mass is 9.80. The van der Waals surface area contributed by atoms with E-state index in [1.807, 2.05) is 0 Å². The third kappa shape index (κ3) is 3.49. The van der Waals surface area contributed by atoms with Gasteiger partial charge in [-0.1, -0.05) is 52.3 Å². The van der Waals surface area contributed by atoms with E-state index < -0.39 is 0 Å². The maximum Gasteiger partial charge on any atom is 0.0332 e. The molecular weight excluding hydrogens is 244 g/mol. The summed E-state index contributed by atoms with van der Waals surface area (Å²) >= 11 is 5.70. The normalized spacial score (nSPS) is 25.8. The summed E-state index contributed by atoms with van der Waals surface area (Å²) in [4.78, 5) is 2.61. The van der Waals surface area contributed by atoms with Crippen LogP contribution >= 0.6 is 11.6 Å². The van der Waals surface area contributed by atoms with E-state index in [1.54, 1.807) is 5.54 Å². The fourth-order valence-corrected chi connectivity index (χ4v) is 2.95. The van der Waals surface area contributed by atoms with Crippen LogP contribution in [0.4, 0.5) is 0 Å². The zero-order chi connectivity index (χ0) is 13.8. The molecule has 0 saturated carbocycles. The molecule has 1 rings (SSSR count). The molecule has 1 atom stereocenters. The Morgan fingerprint density at radius 1 is 1.33 bits per heavy atom. The number of halogens is 1. The van der Waals surface area contributed by atoms with E-state index in [9.17, 15) is 0 Å². The Morgan fingerprint density at radius 3 is 2.39 bits per heavy atom. The standard InChI is InChI=1S/C15H29ClN2/c1-6-15(7-2)12-17-13(14(3,4)5)11-18(15)10-8-9-16/h8-9,13,17H,6-7,10-12H2,1-5H3/b9-8+. The molecule has 0 amide bonds. The van der Waals surface area contributed by atoms with E-state index in [0.717, 1.165) is 19.6 Å². The minimum Gasteiger partial charge on any atom is -0.310 e. The monoisotopic (exact) mass is 272 g/mol. The first-order valence-corrected chi connectivity index (χ1v) is 7.57. The second kappa shape index (κ2) is 6.40. The minimum absolute atomic E-state index is 0.290. The van der Waals surface area contributed by atoms with Crippen molar-refractivity contribution < 1.29 is 0 Å². The van der Waals surface area contributed by atoms with E-state index in [0.29, 0.717) is 11.5 Å². The lowest BCUT2D eigenvalue weighted by molar-refractivity contribution is 0.0168. The third-order valence-corrected chi connectivity index (χ3v) is 4.71. The molecule has 1 saturated heterocycles. The van der Waals surface area contributed by atoms with Gasteiger partial charge in [-0.2, -0.15) is 0 Å². The molecule has 106 valence electrons. The molecule has 1 fully saturated rings. The van der Waals surface area contributed by atoms with Crippen molar-refractivity contribution in [3.63, 3.8) is 0 Å². The molecular formula is C15H29ClN2. The smallest absolute Gasteiger partial charge is 0.0332 e. The summed E-state index contributed by atoms with van der Waals surface area (Å²) in [5.41, 5.74) is 2.24. The van der Waals surface area contributed by atoms with Crippen molar-refractivity contribution in [3.05, 3.63) is 11.6 Å². The lowest BCUT2D eigenvalue weighted by Crippen LogP contribution is -2.66. The number of piperazine rings is 1. The topological polar surface area (TPSA) is 15.3 Å². The molecule has 1 aliphatic heterocycles. The van der Waals surface area contributed by atoms with Crippen molar-refractivity contribution in [3.8, 4) is 0 Å². The molecule has 0 aromatic heterocycles. The average Bonchev–Trinajstić information content (AvgIpc) is 2.34. The molecule has 1 N–H and O–H groups in total. The summed E-state index contributed by atoms with van der Waals surface area (Å²) in [6.07, 6.45) is 4.43. The zero-order valence-electron chi connectivity index (χ0n) is 12.6. The van der Waals surface area contributed by atoms with Crippen molar-refractivity contribution >= 4 is 11.6 Å². The molecule has 0 aliphatic carbocycles. The largest absolute Gasteiger partial charge is 0.310 e. The Labute approximate surface area is 118 Å². The predicted molar refractivity (Wildman–Crippen MR) is 81.1 cm³/mol. The summed E-state index contributed by atoms with van der Waals surface area (Å²) in [6, 6.07) is 0.549. The first kappa shape index (κ1) is 16.0. The van der Waals surface area contributed by atoms with Crippen molar-refractivity contribution in [1.29, 1.82) is 0 Å². The van der Waals surface area contributed by atoms with E-state index in [2.05, 4.69) is 50.9 Å². The summed E-state index contributed by atoms with van der Waals surface area (Å²) in [5.74, 6) is 0. The Kier molecular flexibility index (Phi) is 5.69. The number of nitrogens with zero attached hydrogens (tertiary/aromatic N) is 1. The van der Waals surface area contributed by atoms with Crippen molar-refractivity contribution in [2.45, 2.75) is 59.0 Å². The molecule has 0 aromatic rings. The van der Waals surface area contributed by atoms with Gasteiger partial charge in [0.1, 0.15) is 0 Å². The highest BCUT2D eigenvalue weighted by Gasteiger charge is 2.41. The van der Waals surface area contributed by atoms with E-state index in [4.69, 9.17) is 11.6 Å². The van der Waals surface area contributed by atoms with Gasteiger partial charge in [-0.3, -0.25) is 4.90 Å². The van der Waals surface area contributed by atoms with Crippen LogP contribution in [0.3, 0.4) is 0 Å². The quantitative estimate of drug-likeness (QED) is 0.841. The van der Waals surface area contributed by atoms with Crippen molar-refractivity contribution in [1.82, 2.24) is 10.2 Å². The molecule has 0 radical (unpaired) electrons. The van der Waals surface area contributed by atoms with Crippen LogP contribution in [0.25, 0.3) is 0 Å². The van der Waals surface area contributed by atoms with Crippen LogP contribution in [-0.2, 0) is 0 Å². The van der Waals surface area contributed by atoms with E-state index in [1.165, 1.54) is 12.8 Å². The van der Waals surface area contributed by atoms with Crippen molar-refractivity contribution in [2.24, 2.45) is 5.41 Å². The maximum atomic E-state index is 5.70. The van der Waals surface area contributed by atoms with E-state index in [-0.39, 0.29) is 5.54 Å². The van der Waals surface area contributed by atoms with Crippen LogP contribution in [0.5, 0.6) is 0 Å². The first-order chi connectivity index (χ1) is 8.39. The highest BCUT2D eigenvalue weighted by atomic mass is 35.5. The highest BCUT2D eigenvalue weighted by Crippen LogP contribution is 2.31. The average molecular weight is 273 g/mol. The SMILES string of the molecule is CCC1(CC)CNC(C(C)(C)C)CN1C/C=C/Cl. The zero-order valence-corrected chi connectivity index (χ0v) is 13.3. The maximum absolute atomic E-state index is 5.70. The fourth-order valence-electron chi connectivity index (χ4n) is 2.87. The van der Waals surface area contributed by atoms with Crippen LogP contribution in [0.2, 0.25) is 0 Å². The first-order valence-electron chi connectivity index (χ1n) is 7.13. The van der Waals surface area contributed by atoms with Gasteiger partial charge in [-0.05, 0) is 18.3 Å². The summed E-state index contributed by atoms with van der Waals surface area (Å²) in [5, 5.41) is 3.76. The molecule has 1 unspecified atom stereocenters. The Balaban J connectivity index is 2.85. The summed E-state index contributed by atoms with van der Waals surface area (Å²) in [7, 11) is 0. The van der Waals surface area contributed by atoms with Crippen molar-refractivity contribution in [2.75, 3.05) is 19.6 Å². The third-order valence-electron chi connectivity index (χ3n) is 4.53. The second-order valence-corrected chi connectivity index (χ2v) is 6.75. The molecule has 1 aliphatic rings. The van der Waals surface area contributed by atoms with Gasteiger partial charge in [-0.15, -0.1) is 0 Å². The Hall–Kier alpha value is -0.0500. The minimum atomic E-state index is 0.290. The second-order valence-electron chi connectivity index (χ2n) is 6.50. The molecule has 2 nitrogen and oxygen atoms in total. The van der Waals surface area contributed by atoms with Gasteiger partial charge >= 0.3 is 0 Å². The fraction of sp³-hybridized carbons (Fsp3) is 0.867. The van der Waals surface area contributed by atoms with Crippen LogP contribution in [0, 0.1) is 5.41 Å². The highest BCUT2D eigenvalue weighted by molar-refractivity contribution is 6.25. The van der Waals surface area contributed by atoms with Gasteiger partial charge in [-0.25, -0.2) is 0 Å². The summed E-state index contributed by atoms with van der Waals surface area (Å²) < 4.78 is 0. The van der Waals surface area contributed by atoms with Crippen LogP contribution < -0.4 is 5.32 Å². The van der Waals surface area contributed by atoms with Gasteiger partial charge in [0.15, 0.2) is 0 Å². The van der Waals surface area contributed by atoms with Gasteiger partial charge in [0.25, 0.3) is 0 Å². The summed E-state index contributed by atoms with van der Waals surface area (Å²) in [6.45, 7) is 14.7. The molecule has 3 heteroatoms. The van der Waals surface area contributed by atoms with Gasteiger partial charge < -0.3 is 5.32 Å². The number of hydrogen-bond acceptors (Lipinski definition) is 2. The molecule has 0 bridgehead atoms. The van der Waals surface area contributed by atoms with Crippen LogP contribution in [0.1, 0.15) is 47.5 Å². The van der Waals surface area contributed by atoms with Crippen LogP contribution in [-0.4, -0.2) is 36.1 Å². The molecule has 0 spiro atoms. The lowest BCUT2D eigenvalue weighted by Gasteiger charge is -2.52. The Morgan fingerprint density at radius 2 is 1.94 bits per heavy atom. The number of nitrogens with one attached hydrogen (secondary N) is 1. The number of hydrogen-bond donors (Lipinski definition) is 1. The van der Waals surface area contributed by atoms with Crippen LogP contribution in [0.15, 0.2) is 11.6 Å². The molecule has 0 aromatic carbocycles. The van der Waals surface area contributed by atoms with Gasteiger partial charge in [0.05, 0.1) is 0 Å². The Bertz CT molecular complexity index is 277.